The molecule has 2 unspecified atom stereocenters. The number of aromatic nitrogens is 2. The molecule has 226 valence electrons. The quantitative estimate of drug-likeness (QED) is 0.191. The van der Waals surface area contributed by atoms with E-state index in [1.807, 2.05) is 17.4 Å². The van der Waals surface area contributed by atoms with Crippen LogP contribution in [0.2, 0.25) is 0 Å². The first-order chi connectivity index (χ1) is 23.7. The number of benzene rings is 6. The van der Waals surface area contributed by atoms with Crippen molar-refractivity contribution in [1.29, 1.82) is 5.26 Å². The van der Waals surface area contributed by atoms with E-state index in [9.17, 15) is 5.26 Å². The van der Waals surface area contributed by atoms with Gasteiger partial charge in [-0.25, -0.2) is 0 Å². The monoisotopic (exact) mass is 631 g/mol. The van der Waals surface area contributed by atoms with Crippen molar-refractivity contribution in [2.45, 2.75) is 12.8 Å². The minimum absolute atomic E-state index is 0.00141. The van der Waals surface area contributed by atoms with Gasteiger partial charge in [-0.15, -0.1) is 11.3 Å². The molecule has 0 aliphatic heterocycles. The molecule has 0 bridgehead atoms. The van der Waals surface area contributed by atoms with E-state index in [4.69, 9.17) is 0 Å². The van der Waals surface area contributed by atoms with Crippen LogP contribution in [0.25, 0.3) is 75.2 Å². The highest BCUT2D eigenvalue weighted by atomic mass is 32.1. The molecule has 1 aliphatic carbocycles. The molecule has 3 nitrogen and oxygen atoms in total. The van der Waals surface area contributed by atoms with Gasteiger partial charge >= 0.3 is 0 Å². The summed E-state index contributed by atoms with van der Waals surface area (Å²) in [6, 6.07) is 50.8. The third-order valence-corrected chi connectivity index (χ3v) is 11.7. The Morgan fingerprint density at radius 2 is 1.10 bits per heavy atom. The zero-order valence-electron chi connectivity index (χ0n) is 26.3. The van der Waals surface area contributed by atoms with Crippen molar-refractivity contribution in [3.8, 4) is 11.8 Å². The summed E-state index contributed by atoms with van der Waals surface area (Å²) >= 11 is 1.89. The lowest BCUT2D eigenvalue weighted by molar-refractivity contribution is 0.615. The van der Waals surface area contributed by atoms with Gasteiger partial charge in [-0.1, -0.05) is 110 Å². The average molecular weight is 632 g/mol. The summed E-state index contributed by atoms with van der Waals surface area (Å²) in [5, 5.41) is 17.8. The van der Waals surface area contributed by atoms with Crippen molar-refractivity contribution in [2.75, 3.05) is 0 Å². The number of hydrogen-bond acceptors (Lipinski definition) is 2. The predicted octanol–water partition coefficient (Wildman–Crippen LogP) is 12.0. The van der Waals surface area contributed by atoms with Crippen molar-refractivity contribution < 1.29 is 0 Å². The fourth-order valence-electron chi connectivity index (χ4n) is 8.26. The minimum atomic E-state index is -0.0175. The van der Waals surface area contributed by atoms with Crippen LogP contribution < -0.4 is 0 Å². The zero-order chi connectivity index (χ0) is 31.9. The lowest BCUT2D eigenvalue weighted by Gasteiger charge is -2.31. The number of nitrogens with zero attached hydrogens (tertiary/aromatic N) is 3. The topological polar surface area (TPSA) is 33.6 Å². The molecule has 0 spiro atoms. The molecule has 4 heteroatoms. The molecule has 0 N–H and O–H groups in total. The van der Waals surface area contributed by atoms with Crippen molar-refractivity contribution in [1.82, 2.24) is 9.13 Å². The average Bonchev–Trinajstić information content (AvgIpc) is 3.80. The van der Waals surface area contributed by atoms with E-state index in [0.717, 1.165) is 11.3 Å². The Morgan fingerprint density at radius 3 is 1.79 bits per heavy atom. The van der Waals surface area contributed by atoms with Crippen LogP contribution in [0, 0.1) is 17.2 Å². The number of fused-ring (bicyclic) bond motifs is 10. The zero-order valence-corrected chi connectivity index (χ0v) is 27.1. The van der Waals surface area contributed by atoms with Crippen molar-refractivity contribution in [2.24, 2.45) is 5.92 Å². The van der Waals surface area contributed by atoms with Gasteiger partial charge in [-0.05, 0) is 48.0 Å². The highest BCUT2D eigenvalue weighted by Gasteiger charge is 2.33. The second-order valence-corrected chi connectivity index (χ2v) is 13.8. The van der Waals surface area contributed by atoms with Crippen LogP contribution in [0.1, 0.15) is 18.4 Å². The van der Waals surface area contributed by atoms with Crippen LogP contribution in [0.4, 0.5) is 0 Å². The summed E-state index contributed by atoms with van der Waals surface area (Å²) < 4.78 is 7.45. The maximum Gasteiger partial charge on any atom is 0.0950 e. The van der Waals surface area contributed by atoms with Crippen LogP contribution >= 0.6 is 11.3 Å². The van der Waals surface area contributed by atoms with E-state index in [1.54, 1.807) is 0 Å². The number of nitriles is 1. The van der Waals surface area contributed by atoms with Gasteiger partial charge in [-0.3, -0.25) is 0 Å². The molecule has 0 saturated heterocycles. The van der Waals surface area contributed by atoms with E-state index >= 15 is 0 Å². The van der Waals surface area contributed by atoms with Gasteiger partial charge in [0.1, 0.15) is 0 Å². The molecule has 6 aromatic carbocycles. The summed E-state index contributed by atoms with van der Waals surface area (Å²) in [5.41, 5.74) is 9.29. The number of allylic oxidation sites excluding steroid dienone is 4. The third-order valence-electron chi connectivity index (χ3n) is 10.4. The standard InChI is InChI=1S/C44H29N3S/c1-27-28(26-45)22-25-40(47-38-20-9-5-14-30(38)31-15-6-10-21-39(31)47)41(27)36-18-11-17-34-35-24-23-33-32-16-7-8-19-37(32)46(29-12-3-2-4-13-29)42(33)44(35)48-43(34)36/h2-25,27,41H,1H3. The fourth-order valence-corrected chi connectivity index (χ4v) is 9.66. The smallest absolute Gasteiger partial charge is 0.0950 e. The minimum Gasteiger partial charge on any atom is -0.312 e. The van der Waals surface area contributed by atoms with E-state index < -0.39 is 0 Å². The van der Waals surface area contributed by atoms with Crippen molar-refractivity contribution >= 4 is 80.8 Å². The first kappa shape index (κ1) is 27.2. The van der Waals surface area contributed by atoms with Gasteiger partial charge in [0.15, 0.2) is 0 Å². The van der Waals surface area contributed by atoms with Crippen molar-refractivity contribution in [3.05, 3.63) is 157 Å². The lowest BCUT2D eigenvalue weighted by Crippen LogP contribution is -2.20. The summed E-state index contributed by atoms with van der Waals surface area (Å²) in [6.45, 7) is 2.22. The number of rotatable bonds is 3. The molecule has 10 rings (SSSR count). The van der Waals surface area contributed by atoms with Crippen LogP contribution in [0.15, 0.2) is 151 Å². The lowest BCUT2D eigenvalue weighted by atomic mass is 9.77. The Balaban J connectivity index is 1.29. The van der Waals surface area contributed by atoms with Gasteiger partial charge < -0.3 is 9.13 Å². The Kier molecular flexibility index (Phi) is 5.85. The number of hydrogen-bond donors (Lipinski definition) is 0. The van der Waals surface area contributed by atoms with Gasteiger partial charge in [0.05, 0.1) is 32.8 Å². The molecular formula is C44H29N3S. The molecule has 2 atom stereocenters. The molecule has 0 radical (unpaired) electrons. The molecule has 0 amide bonds. The van der Waals surface area contributed by atoms with Gasteiger partial charge in [-0.2, -0.15) is 5.26 Å². The first-order valence-corrected chi connectivity index (χ1v) is 17.3. The largest absolute Gasteiger partial charge is 0.312 e. The number of para-hydroxylation sites is 4. The maximum atomic E-state index is 10.3. The summed E-state index contributed by atoms with van der Waals surface area (Å²) in [5.74, 6) is -0.0161. The highest BCUT2D eigenvalue weighted by Crippen LogP contribution is 2.50. The van der Waals surface area contributed by atoms with E-state index in [-0.39, 0.29) is 11.8 Å². The molecule has 3 heterocycles. The summed E-state index contributed by atoms with van der Waals surface area (Å²) in [4.78, 5) is 0. The molecule has 1 aliphatic rings. The Hall–Kier alpha value is -5.89. The normalized spacial score (nSPS) is 16.7. The molecule has 0 fully saturated rings. The molecular weight excluding hydrogens is 603 g/mol. The third kappa shape index (κ3) is 3.68. The molecule has 3 aromatic heterocycles. The second-order valence-electron chi connectivity index (χ2n) is 12.8. The number of thiophene rings is 1. The molecule has 48 heavy (non-hydrogen) atoms. The van der Waals surface area contributed by atoms with Crippen LogP contribution in [0.5, 0.6) is 0 Å². The van der Waals surface area contributed by atoms with Gasteiger partial charge in [0.25, 0.3) is 0 Å². The first-order valence-electron chi connectivity index (χ1n) is 16.5. The second kappa shape index (κ2) is 10.3. The predicted molar refractivity (Wildman–Crippen MR) is 203 cm³/mol. The molecule has 9 aromatic rings. The Bertz CT molecular complexity index is 2820. The molecule has 0 saturated carbocycles. The van der Waals surface area contributed by atoms with Crippen LogP contribution in [0.3, 0.4) is 0 Å². The van der Waals surface area contributed by atoms with Crippen LogP contribution in [-0.2, 0) is 0 Å². The highest BCUT2D eigenvalue weighted by molar-refractivity contribution is 7.26. The maximum absolute atomic E-state index is 10.3. The Morgan fingerprint density at radius 1 is 0.542 bits per heavy atom. The van der Waals surface area contributed by atoms with E-state index in [1.165, 1.54) is 75.0 Å². The van der Waals surface area contributed by atoms with Crippen LogP contribution in [-0.4, -0.2) is 9.13 Å². The fraction of sp³-hybridized carbons (Fsp3) is 0.0682. The van der Waals surface area contributed by atoms with Crippen molar-refractivity contribution in [3.63, 3.8) is 0 Å². The SMILES string of the molecule is CC1C(C#N)=CC=C(n2c3ccccc3c3ccccc32)C1c1cccc2c1sc1c2ccc2c3ccccc3n(-c3ccccc3)c21. The Labute approximate surface area is 281 Å². The van der Waals surface area contributed by atoms with Gasteiger partial charge in [0.2, 0.25) is 0 Å². The van der Waals surface area contributed by atoms with Gasteiger partial charge in [0, 0.05) is 65.8 Å². The van der Waals surface area contributed by atoms with E-state index in [2.05, 4.69) is 162 Å². The summed E-state index contributed by atoms with van der Waals surface area (Å²) in [7, 11) is 0. The summed E-state index contributed by atoms with van der Waals surface area (Å²) in [6.07, 6.45) is 4.23. The van der Waals surface area contributed by atoms with E-state index in [0.29, 0.717) is 0 Å².